The average molecular weight is 294 g/mol. The summed E-state index contributed by atoms with van der Waals surface area (Å²) in [6.07, 6.45) is 3.95. The van der Waals surface area contributed by atoms with Crippen LogP contribution < -0.4 is 15.4 Å². The molecule has 1 aromatic carbocycles. The first kappa shape index (κ1) is 15.8. The number of ether oxygens (including phenoxy) is 1. The monoisotopic (exact) mass is 294 g/mol. The van der Waals surface area contributed by atoms with Gasteiger partial charge in [-0.05, 0) is 44.4 Å². The zero-order chi connectivity index (χ0) is 15.2. The van der Waals surface area contributed by atoms with Crippen molar-refractivity contribution in [1.82, 2.24) is 10.6 Å². The zero-order valence-electron chi connectivity index (χ0n) is 12.6. The Morgan fingerprint density at radius 3 is 2.52 bits per heavy atom. The van der Waals surface area contributed by atoms with E-state index in [0.29, 0.717) is 11.8 Å². The summed E-state index contributed by atoms with van der Waals surface area (Å²) < 4.78 is 18.8. The molecule has 0 atom stereocenters. The van der Waals surface area contributed by atoms with E-state index in [0.717, 1.165) is 32.2 Å². The number of carbonyl (C=O) groups is 1. The van der Waals surface area contributed by atoms with Crippen LogP contribution in [0.4, 0.5) is 4.39 Å². The van der Waals surface area contributed by atoms with Gasteiger partial charge < -0.3 is 15.4 Å². The molecule has 0 bridgehead atoms. The first-order chi connectivity index (χ1) is 10.1. The maximum atomic E-state index is 13.9. The van der Waals surface area contributed by atoms with Gasteiger partial charge in [-0.1, -0.05) is 6.92 Å². The molecule has 2 rings (SSSR count). The van der Waals surface area contributed by atoms with Crippen LogP contribution in [0, 0.1) is 5.82 Å². The topological polar surface area (TPSA) is 50.4 Å². The van der Waals surface area contributed by atoms with Gasteiger partial charge in [0.25, 0.3) is 5.91 Å². The van der Waals surface area contributed by atoms with Crippen molar-refractivity contribution in [1.29, 1.82) is 0 Å². The lowest BCUT2D eigenvalue weighted by Gasteiger charge is -2.29. The third-order valence-electron chi connectivity index (χ3n) is 3.98. The number of benzene rings is 1. The summed E-state index contributed by atoms with van der Waals surface area (Å²) in [4.78, 5) is 12.1. The minimum absolute atomic E-state index is 0.0737. The molecule has 0 radical (unpaired) electrons. The fourth-order valence-electron chi connectivity index (χ4n) is 2.80. The van der Waals surface area contributed by atoms with Gasteiger partial charge in [0.05, 0.1) is 12.7 Å². The van der Waals surface area contributed by atoms with Crippen LogP contribution in [0.2, 0.25) is 0 Å². The van der Waals surface area contributed by atoms with Crippen molar-refractivity contribution in [2.75, 3.05) is 13.7 Å². The van der Waals surface area contributed by atoms with E-state index < -0.39 is 5.82 Å². The van der Waals surface area contributed by atoms with Gasteiger partial charge in [-0.25, -0.2) is 4.39 Å². The van der Waals surface area contributed by atoms with Crippen LogP contribution >= 0.6 is 0 Å². The highest BCUT2D eigenvalue weighted by Crippen LogP contribution is 2.20. The second-order valence-electron chi connectivity index (χ2n) is 5.43. The molecular formula is C16H23FN2O2. The van der Waals surface area contributed by atoms with E-state index in [9.17, 15) is 9.18 Å². The molecule has 0 saturated heterocycles. The molecule has 0 unspecified atom stereocenters. The van der Waals surface area contributed by atoms with E-state index in [-0.39, 0.29) is 17.5 Å². The second kappa shape index (κ2) is 7.41. The Kier molecular flexibility index (Phi) is 5.56. The molecule has 0 spiro atoms. The summed E-state index contributed by atoms with van der Waals surface area (Å²) in [5.41, 5.74) is 0.0737. The number of carbonyl (C=O) groups excluding carboxylic acids is 1. The molecule has 1 amide bonds. The lowest BCUT2D eigenvalue weighted by molar-refractivity contribution is 0.0920. The lowest BCUT2D eigenvalue weighted by atomic mass is 9.91. The Labute approximate surface area is 125 Å². The predicted molar refractivity (Wildman–Crippen MR) is 80.1 cm³/mol. The summed E-state index contributed by atoms with van der Waals surface area (Å²) in [6, 6.07) is 4.97. The molecule has 5 heteroatoms. The number of nitrogens with one attached hydrogen (secondary N) is 2. The van der Waals surface area contributed by atoms with E-state index in [1.807, 2.05) is 0 Å². The number of halogens is 1. The van der Waals surface area contributed by atoms with E-state index >= 15 is 0 Å². The highest BCUT2D eigenvalue weighted by molar-refractivity contribution is 5.94. The normalized spacial score (nSPS) is 21.9. The van der Waals surface area contributed by atoms with Crippen LogP contribution in [0.5, 0.6) is 5.75 Å². The second-order valence-corrected chi connectivity index (χ2v) is 5.43. The summed E-state index contributed by atoms with van der Waals surface area (Å²) >= 11 is 0. The van der Waals surface area contributed by atoms with Gasteiger partial charge in [0.1, 0.15) is 11.6 Å². The Morgan fingerprint density at radius 1 is 1.29 bits per heavy atom. The minimum Gasteiger partial charge on any atom is -0.497 e. The molecular weight excluding hydrogens is 271 g/mol. The maximum absolute atomic E-state index is 13.9. The molecule has 116 valence electrons. The van der Waals surface area contributed by atoms with Crippen molar-refractivity contribution in [2.45, 2.75) is 44.7 Å². The van der Waals surface area contributed by atoms with E-state index in [2.05, 4.69) is 17.6 Å². The Balaban J connectivity index is 1.90. The molecule has 1 saturated carbocycles. The summed E-state index contributed by atoms with van der Waals surface area (Å²) in [7, 11) is 1.47. The SMILES string of the molecule is CCNC1CCC(NC(=O)c2ccc(OC)cc2F)CC1. The molecule has 1 aliphatic carbocycles. The molecule has 1 fully saturated rings. The van der Waals surface area contributed by atoms with Gasteiger partial charge in [-0.3, -0.25) is 4.79 Å². The van der Waals surface area contributed by atoms with Crippen molar-refractivity contribution in [3.8, 4) is 5.75 Å². The van der Waals surface area contributed by atoms with Crippen molar-refractivity contribution in [3.63, 3.8) is 0 Å². The largest absolute Gasteiger partial charge is 0.497 e. The van der Waals surface area contributed by atoms with Crippen LogP contribution in [0.15, 0.2) is 18.2 Å². The quantitative estimate of drug-likeness (QED) is 0.877. The first-order valence-corrected chi connectivity index (χ1v) is 7.51. The van der Waals surface area contributed by atoms with E-state index in [4.69, 9.17) is 4.74 Å². The van der Waals surface area contributed by atoms with Crippen LogP contribution in [0.1, 0.15) is 43.0 Å². The van der Waals surface area contributed by atoms with Crippen molar-refractivity contribution in [3.05, 3.63) is 29.6 Å². The van der Waals surface area contributed by atoms with Crippen LogP contribution in [0.3, 0.4) is 0 Å². The summed E-state index contributed by atoms with van der Waals surface area (Å²) in [5, 5.41) is 6.35. The van der Waals surface area contributed by atoms with Gasteiger partial charge in [-0.2, -0.15) is 0 Å². The maximum Gasteiger partial charge on any atom is 0.254 e. The molecule has 1 aliphatic rings. The molecule has 4 nitrogen and oxygen atoms in total. The molecule has 0 aromatic heterocycles. The van der Waals surface area contributed by atoms with Crippen LogP contribution in [-0.2, 0) is 0 Å². The highest BCUT2D eigenvalue weighted by atomic mass is 19.1. The fraction of sp³-hybridized carbons (Fsp3) is 0.562. The molecule has 21 heavy (non-hydrogen) atoms. The minimum atomic E-state index is -0.548. The Morgan fingerprint density at radius 2 is 1.95 bits per heavy atom. The number of methoxy groups -OCH3 is 1. The van der Waals surface area contributed by atoms with Crippen molar-refractivity contribution >= 4 is 5.91 Å². The van der Waals surface area contributed by atoms with Crippen molar-refractivity contribution in [2.24, 2.45) is 0 Å². The standard InChI is InChI=1S/C16H23FN2O2/c1-3-18-11-4-6-12(7-5-11)19-16(20)14-9-8-13(21-2)10-15(14)17/h8-12,18H,3-7H2,1-2H3,(H,19,20). The number of amides is 1. The van der Waals surface area contributed by atoms with Gasteiger partial charge in [-0.15, -0.1) is 0 Å². The molecule has 1 aromatic rings. The van der Waals surface area contributed by atoms with Crippen LogP contribution in [0.25, 0.3) is 0 Å². The number of hydrogen-bond donors (Lipinski definition) is 2. The Hall–Kier alpha value is -1.62. The van der Waals surface area contributed by atoms with E-state index in [1.54, 1.807) is 6.07 Å². The zero-order valence-corrected chi connectivity index (χ0v) is 12.6. The summed E-state index contributed by atoms with van der Waals surface area (Å²) in [5.74, 6) is -0.481. The van der Waals surface area contributed by atoms with Crippen LogP contribution in [-0.4, -0.2) is 31.6 Å². The van der Waals surface area contributed by atoms with E-state index in [1.165, 1.54) is 19.2 Å². The lowest BCUT2D eigenvalue weighted by Crippen LogP contribution is -2.42. The predicted octanol–water partition coefficient (Wildman–Crippen LogP) is 2.48. The Bertz CT molecular complexity index is 485. The third kappa shape index (κ3) is 4.17. The highest BCUT2D eigenvalue weighted by Gasteiger charge is 2.23. The fourth-order valence-corrected chi connectivity index (χ4v) is 2.80. The van der Waals surface area contributed by atoms with Crippen molar-refractivity contribution < 1.29 is 13.9 Å². The van der Waals surface area contributed by atoms with Gasteiger partial charge in [0.2, 0.25) is 0 Å². The number of rotatable bonds is 5. The number of hydrogen-bond acceptors (Lipinski definition) is 3. The molecule has 0 heterocycles. The first-order valence-electron chi connectivity index (χ1n) is 7.51. The third-order valence-corrected chi connectivity index (χ3v) is 3.98. The average Bonchev–Trinajstić information content (AvgIpc) is 2.49. The summed E-state index contributed by atoms with van der Waals surface area (Å²) in [6.45, 7) is 3.07. The van der Waals surface area contributed by atoms with Gasteiger partial charge in [0, 0.05) is 18.2 Å². The smallest absolute Gasteiger partial charge is 0.254 e. The van der Waals surface area contributed by atoms with Gasteiger partial charge >= 0.3 is 0 Å². The molecule has 0 aliphatic heterocycles. The van der Waals surface area contributed by atoms with Gasteiger partial charge in [0.15, 0.2) is 0 Å². The molecule has 2 N–H and O–H groups in total.